The first-order valence-electron chi connectivity index (χ1n) is 9.21. The van der Waals surface area contributed by atoms with Crippen LogP contribution in [0.3, 0.4) is 0 Å². The third-order valence-electron chi connectivity index (χ3n) is 5.00. The molecule has 0 radical (unpaired) electrons. The van der Waals surface area contributed by atoms with E-state index in [-0.39, 0.29) is 28.2 Å². The average Bonchev–Trinajstić information content (AvgIpc) is 2.70. The lowest BCUT2D eigenvalue weighted by molar-refractivity contribution is -0.268. The monoisotopic (exact) mass is 416 g/mol. The van der Waals surface area contributed by atoms with E-state index in [2.05, 4.69) is 0 Å². The summed E-state index contributed by atoms with van der Waals surface area (Å²) in [5.41, 5.74) is 0.0820. The van der Waals surface area contributed by atoms with Crippen LogP contribution in [0.4, 0.5) is 0 Å². The Morgan fingerprint density at radius 2 is 1.63 bits per heavy atom. The number of hydrogen-bond acceptors (Lipinski definition) is 9. The number of aliphatic hydroxyl groups excluding tert-OH is 3. The molecule has 9 nitrogen and oxygen atoms in total. The van der Waals surface area contributed by atoms with Gasteiger partial charge in [-0.05, 0) is 31.2 Å². The molecule has 0 aliphatic carbocycles. The molecule has 0 amide bonds. The zero-order valence-electron chi connectivity index (χ0n) is 15.8. The average molecular weight is 416 g/mol. The van der Waals surface area contributed by atoms with Gasteiger partial charge in [-0.1, -0.05) is 0 Å². The van der Waals surface area contributed by atoms with Crippen LogP contribution in [0.25, 0.3) is 22.3 Å². The second-order valence-electron chi connectivity index (χ2n) is 7.14. The van der Waals surface area contributed by atoms with Crippen LogP contribution >= 0.6 is 0 Å². The third kappa shape index (κ3) is 3.59. The lowest BCUT2D eigenvalue weighted by Gasteiger charge is -2.38. The van der Waals surface area contributed by atoms with Crippen LogP contribution in [0, 0.1) is 0 Å². The van der Waals surface area contributed by atoms with Crippen molar-refractivity contribution in [1.29, 1.82) is 0 Å². The van der Waals surface area contributed by atoms with Crippen molar-refractivity contribution in [1.82, 2.24) is 0 Å². The number of aromatic hydroxyl groups is 2. The van der Waals surface area contributed by atoms with E-state index in [1.165, 1.54) is 31.2 Å². The minimum atomic E-state index is -1.54. The van der Waals surface area contributed by atoms with Crippen molar-refractivity contribution < 1.29 is 39.4 Å². The standard InChI is InChI=1S/C21H20O9/c1-9-18(25)19(26)20(27)21(28-9)29-12-6-13(23)17-14(24)8-15(30-16(17)7-12)10-2-4-11(22)5-3-10/h2-9,18-23,25-27H,1H3/t9-,18-,19+,20-,21?/m1/s1. The summed E-state index contributed by atoms with van der Waals surface area (Å²) in [4.78, 5) is 12.5. The minimum Gasteiger partial charge on any atom is -0.508 e. The third-order valence-corrected chi connectivity index (χ3v) is 5.00. The highest BCUT2D eigenvalue weighted by Crippen LogP contribution is 2.33. The van der Waals surface area contributed by atoms with Gasteiger partial charge < -0.3 is 39.4 Å². The van der Waals surface area contributed by atoms with Gasteiger partial charge >= 0.3 is 0 Å². The molecule has 30 heavy (non-hydrogen) atoms. The number of phenols is 2. The number of phenolic OH excluding ortho intramolecular Hbond substituents is 2. The van der Waals surface area contributed by atoms with Crippen LogP contribution in [0.1, 0.15) is 6.92 Å². The highest BCUT2D eigenvalue weighted by molar-refractivity contribution is 5.86. The first-order chi connectivity index (χ1) is 14.2. The van der Waals surface area contributed by atoms with E-state index in [9.17, 15) is 30.3 Å². The van der Waals surface area contributed by atoms with Crippen LogP contribution in [0.5, 0.6) is 17.2 Å². The lowest BCUT2D eigenvalue weighted by atomic mass is 10.00. The molecule has 5 N–H and O–H groups in total. The predicted molar refractivity (Wildman–Crippen MR) is 104 cm³/mol. The fraction of sp³-hybridized carbons (Fsp3) is 0.286. The summed E-state index contributed by atoms with van der Waals surface area (Å²) in [6.45, 7) is 1.51. The van der Waals surface area contributed by atoms with E-state index >= 15 is 0 Å². The van der Waals surface area contributed by atoms with Gasteiger partial charge in [0.15, 0.2) is 5.43 Å². The van der Waals surface area contributed by atoms with Crippen molar-refractivity contribution in [3.63, 3.8) is 0 Å². The molecule has 2 aromatic carbocycles. The van der Waals surface area contributed by atoms with Crippen molar-refractivity contribution in [2.75, 3.05) is 0 Å². The highest BCUT2D eigenvalue weighted by atomic mass is 16.7. The first kappa shape index (κ1) is 20.2. The Bertz CT molecular complexity index is 1120. The summed E-state index contributed by atoms with van der Waals surface area (Å²) in [5.74, 6) is -0.105. The van der Waals surface area contributed by atoms with Gasteiger partial charge in [0.1, 0.15) is 52.3 Å². The summed E-state index contributed by atoms with van der Waals surface area (Å²) >= 11 is 0. The number of benzene rings is 2. The Kier molecular flexibility index (Phi) is 5.12. The van der Waals surface area contributed by atoms with Gasteiger partial charge in [0.25, 0.3) is 0 Å². The molecule has 1 aliphatic heterocycles. The molecular weight excluding hydrogens is 396 g/mol. The molecule has 1 saturated heterocycles. The largest absolute Gasteiger partial charge is 0.508 e. The van der Waals surface area contributed by atoms with Crippen LogP contribution in [-0.4, -0.2) is 56.2 Å². The molecule has 1 aromatic heterocycles. The van der Waals surface area contributed by atoms with E-state index in [0.717, 1.165) is 6.07 Å². The van der Waals surface area contributed by atoms with Crippen molar-refractivity contribution in [3.8, 4) is 28.6 Å². The fourth-order valence-corrected chi connectivity index (χ4v) is 3.32. The Morgan fingerprint density at radius 3 is 2.33 bits per heavy atom. The fourth-order valence-electron chi connectivity index (χ4n) is 3.32. The Hall–Kier alpha value is -3.11. The maximum atomic E-state index is 12.5. The lowest BCUT2D eigenvalue weighted by Crippen LogP contribution is -2.58. The molecule has 2 heterocycles. The second kappa shape index (κ2) is 7.62. The van der Waals surface area contributed by atoms with Crippen molar-refractivity contribution in [2.24, 2.45) is 0 Å². The predicted octanol–water partition coefficient (Wildman–Crippen LogP) is 1.08. The van der Waals surface area contributed by atoms with Gasteiger partial charge in [0, 0.05) is 23.8 Å². The number of aliphatic hydroxyl groups is 3. The normalized spacial score (nSPS) is 26.6. The molecule has 3 aromatic rings. The highest BCUT2D eigenvalue weighted by Gasteiger charge is 2.43. The Balaban J connectivity index is 1.72. The van der Waals surface area contributed by atoms with E-state index in [1.54, 1.807) is 12.1 Å². The Labute approximate surface area is 170 Å². The molecule has 0 saturated carbocycles. The zero-order chi connectivity index (χ0) is 21.6. The first-order valence-corrected chi connectivity index (χ1v) is 9.21. The van der Waals surface area contributed by atoms with Gasteiger partial charge in [0.05, 0.1) is 6.10 Å². The molecule has 9 heteroatoms. The Morgan fingerprint density at radius 1 is 0.933 bits per heavy atom. The summed E-state index contributed by atoms with van der Waals surface area (Å²) in [6.07, 6.45) is -6.42. The molecule has 1 unspecified atom stereocenters. The molecule has 0 bridgehead atoms. The van der Waals surface area contributed by atoms with Crippen LogP contribution in [0.15, 0.2) is 51.7 Å². The van der Waals surface area contributed by atoms with Crippen molar-refractivity contribution in [2.45, 2.75) is 37.6 Å². The van der Waals surface area contributed by atoms with Crippen molar-refractivity contribution >= 4 is 11.0 Å². The van der Waals surface area contributed by atoms with Crippen LogP contribution < -0.4 is 10.2 Å². The van der Waals surface area contributed by atoms with Crippen LogP contribution in [0.2, 0.25) is 0 Å². The van der Waals surface area contributed by atoms with Gasteiger partial charge in [-0.2, -0.15) is 0 Å². The van der Waals surface area contributed by atoms with Gasteiger partial charge in [-0.25, -0.2) is 0 Å². The molecule has 158 valence electrons. The molecular formula is C21H20O9. The molecule has 1 aliphatic rings. The maximum Gasteiger partial charge on any atom is 0.229 e. The smallest absolute Gasteiger partial charge is 0.229 e. The summed E-state index contributed by atoms with van der Waals surface area (Å²) in [7, 11) is 0. The van der Waals surface area contributed by atoms with Gasteiger partial charge in [-0.15, -0.1) is 0 Å². The van der Waals surface area contributed by atoms with Crippen molar-refractivity contribution in [3.05, 3.63) is 52.7 Å². The topological polar surface area (TPSA) is 150 Å². The number of hydrogen-bond donors (Lipinski definition) is 5. The van der Waals surface area contributed by atoms with E-state index < -0.39 is 41.9 Å². The summed E-state index contributed by atoms with van der Waals surface area (Å²) in [6, 6.07) is 9.76. The SMILES string of the molecule is C[C@H]1OC(Oc2cc(O)c3c(=O)cc(-c4ccc(O)cc4)oc3c2)[C@H](O)[C@@H](O)[C@@H]1O. The van der Waals surface area contributed by atoms with Crippen LogP contribution in [-0.2, 0) is 4.74 Å². The van der Waals surface area contributed by atoms with E-state index in [1.807, 2.05) is 0 Å². The molecule has 5 atom stereocenters. The van der Waals surface area contributed by atoms with E-state index in [0.29, 0.717) is 5.56 Å². The number of ether oxygens (including phenoxy) is 2. The van der Waals surface area contributed by atoms with Gasteiger partial charge in [0.2, 0.25) is 6.29 Å². The zero-order valence-corrected chi connectivity index (χ0v) is 15.8. The quantitative estimate of drug-likeness (QED) is 0.423. The number of rotatable bonds is 3. The molecule has 1 fully saturated rings. The summed E-state index contributed by atoms with van der Waals surface area (Å²) < 4.78 is 16.7. The second-order valence-corrected chi connectivity index (χ2v) is 7.14. The minimum absolute atomic E-state index is 0.0193. The summed E-state index contributed by atoms with van der Waals surface area (Å²) in [5, 5.41) is 49.5. The van der Waals surface area contributed by atoms with Gasteiger partial charge in [-0.3, -0.25) is 4.79 Å². The molecule has 0 spiro atoms. The molecule has 4 rings (SSSR count). The number of fused-ring (bicyclic) bond motifs is 1. The maximum absolute atomic E-state index is 12.5. The van der Waals surface area contributed by atoms with E-state index in [4.69, 9.17) is 13.9 Å².